The standard InChI is InChI=1S/C14H21N5O/c1-3-15-14-17-7-9(2)12(18-14)19-6-4-5-10-11(19)8-16-13(10)20/h7,10-11H,3-6,8H2,1-2H3,(H,16,20)(H,15,17,18). The number of piperidine rings is 1. The Morgan fingerprint density at radius 3 is 3.20 bits per heavy atom. The molecule has 0 bridgehead atoms. The van der Waals surface area contributed by atoms with Crippen molar-refractivity contribution < 1.29 is 4.79 Å². The molecular weight excluding hydrogens is 254 g/mol. The fourth-order valence-electron chi connectivity index (χ4n) is 3.18. The van der Waals surface area contributed by atoms with Crippen molar-refractivity contribution in [1.82, 2.24) is 15.3 Å². The lowest BCUT2D eigenvalue weighted by molar-refractivity contribution is -0.122. The molecule has 2 unspecified atom stereocenters. The van der Waals surface area contributed by atoms with Gasteiger partial charge in [-0.1, -0.05) is 0 Å². The molecule has 2 aliphatic heterocycles. The predicted molar refractivity (Wildman–Crippen MR) is 77.8 cm³/mol. The SMILES string of the molecule is CCNc1ncc(C)c(N2CCCC3C(=O)NCC32)n1. The number of aryl methyl sites for hydroxylation is 1. The summed E-state index contributed by atoms with van der Waals surface area (Å²) in [5.41, 5.74) is 1.06. The van der Waals surface area contributed by atoms with Gasteiger partial charge in [-0.15, -0.1) is 0 Å². The predicted octanol–water partition coefficient (Wildman–Crippen LogP) is 0.932. The molecule has 2 fully saturated rings. The van der Waals surface area contributed by atoms with Crippen molar-refractivity contribution in [1.29, 1.82) is 0 Å². The molecule has 2 saturated heterocycles. The van der Waals surface area contributed by atoms with E-state index in [4.69, 9.17) is 0 Å². The van der Waals surface area contributed by atoms with Crippen LogP contribution in [0, 0.1) is 12.8 Å². The first-order valence-corrected chi connectivity index (χ1v) is 7.32. The first kappa shape index (κ1) is 13.1. The van der Waals surface area contributed by atoms with E-state index in [1.54, 1.807) is 0 Å². The Balaban J connectivity index is 1.91. The Bertz CT molecular complexity index is 518. The van der Waals surface area contributed by atoms with Crippen molar-refractivity contribution in [3.63, 3.8) is 0 Å². The largest absolute Gasteiger partial charge is 0.354 e. The summed E-state index contributed by atoms with van der Waals surface area (Å²) in [4.78, 5) is 23.1. The van der Waals surface area contributed by atoms with Crippen molar-refractivity contribution in [3.05, 3.63) is 11.8 Å². The number of hydrogen-bond acceptors (Lipinski definition) is 5. The summed E-state index contributed by atoms with van der Waals surface area (Å²) >= 11 is 0. The number of carbonyl (C=O) groups excluding carboxylic acids is 1. The first-order chi connectivity index (χ1) is 9.70. The van der Waals surface area contributed by atoms with E-state index in [0.717, 1.165) is 43.9 Å². The van der Waals surface area contributed by atoms with Gasteiger partial charge in [-0.3, -0.25) is 4.79 Å². The number of aromatic nitrogens is 2. The second-order valence-corrected chi connectivity index (χ2v) is 5.49. The van der Waals surface area contributed by atoms with Crippen molar-refractivity contribution in [3.8, 4) is 0 Å². The maximum atomic E-state index is 11.9. The third-order valence-corrected chi connectivity index (χ3v) is 4.15. The number of rotatable bonds is 3. The summed E-state index contributed by atoms with van der Waals surface area (Å²) in [5.74, 6) is 1.92. The quantitative estimate of drug-likeness (QED) is 0.859. The fraction of sp³-hybridized carbons (Fsp3) is 0.643. The molecule has 2 N–H and O–H groups in total. The van der Waals surface area contributed by atoms with Crippen molar-refractivity contribution in [2.24, 2.45) is 5.92 Å². The molecule has 0 spiro atoms. The van der Waals surface area contributed by atoms with Gasteiger partial charge in [0.2, 0.25) is 11.9 Å². The average Bonchev–Trinajstić information content (AvgIpc) is 2.83. The number of anilines is 2. The van der Waals surface area contributed by atoms with E-state index < -0.39 is 0 Å². The minimum Gasteiger partial charge on any atom is -0.354 e. The van der Waals surface area contributed by atoms with Crippen LogP contribution in [0.15, 0.2) is 6.20 Å². The van der Waals surface area contributed by atoms with Crippen LogP contribution in [0.25, 0.3) is 0 Å². The van der Waals surface area contributed by atoms with Gasteiger partial charge in [0.1, 0.15) is 5.82 Å². The molecule has 6 heteroatoms. The summed E-state index contributed by atoms with van der Waals surface area (Å²) in [5, 5.41) is 6.13. The minimum atomic E-state index is 0.112. The van der Waals surface area contributed by atoms with Gasteiger partial charge in [-0.05, 0) is 26.7 Å². The second-order valence-electron chi connectivity index (χ2n) is 5.49. The van der Waals surface area contributed by atoms with E-state index in [2.05, 4.69) is 25.5 Å². The highest BCUT2D eigenvalue weighted by Crippen LogP contribution is 2.32. The average molecular weight is 275 g/mol. The zero-order chi connectivity index (χ0) is 14.1. The smallest absolute Gasteiger partial charge is 0.225 e. The van der Waals surface area contributed by atoms with Crippen molar-refractivity contribution in [2.75, 3.05) is 29.9 Å². The molecule has 1 amide bonds. The molecule has 3 rings (SSSR count). The maximum absolute atomic E-state index is 11.9. The number of nitrogens with zero attached hydrogens (tertiary/aromatic N) is 3. The summed E-state index contributed by atoms with van der Waals surface area (Å²) < 4.78 is 0. The lowest BCUT2D eigenvalue weighted by atomic mass is 9.91. The van der Waals surface area contributed by atoms with Crippen LogP contribution in [0.3, 0.4) is 0 Å². The lowest BCUT2D eigenvalue weighted by Crippen LogP contribution is -2.46. The molecule has 1 aromatic rings. The normalized spacial score (nSPS) is 25.3. The molecule has 1 aromatic heterocycles. The molecule has 2 aliphatic rings. The number of nitrogens with one attached hydrogen (secondary N) is 2. The van der Waals surface area contributed by atoms with Crippen molar-refractivity contribution >= 4 is 17.7 Å². The van der Waals surface area contributed by atoms with Crippen LogP contribution in [-0.2, 0) is 4.79 Å². The van der Waals surface area contributed by atoms with Gasteiger partial charge in [-0.2, -0.15) is 4.98 Å². The number of hydrogen-bond donors (Lipinski definition) is 2. The molecule has 3 heterocycles. The third kappa shape index (κ3) is 2.19. The van der Waals surface area contributed by atoms with E-state index in [1.165, 1.54) is 0 Å². The molecule has 0 aromatic carbocycles. The molecule has 108 valence electrons. The summed E-state index contributed by atoms with van der Waals surface area (Å²) in [7, 11) is 0. The van der Waals surface area contributed by atoms with Crippen LogP contribution < -0.4 is 15.5 Å². The number of fused-ring (bicyclic) bond motifs is 1. The molecule has 0 aliphatic carbocycles. The first-order valence-electron chi connectivity index (χ1n) is 7.32. The molecule has 0 saturated carbocycles. The molecule has 6 nitrogen and oxygen atoms in total. The fourth-order valence-corrected chi connectivity index (χ4v) is 3.18. The monoisotopic (exact) mass is 275 g/mol. The van der Waals surface area contributed by atoms with Crippen LogP contribution in [0.1, 0.15) is 25.3 Å². The van der Waals surface area contributed by atoms with Gasteiger partial charge in [-0.25, -0.2) is 4.98 Å². The van der Waals surface area contributed by atoms with Gasteiger partial charge < -0.3 is 15.5 Å². The highest BCUT2D eigenvalue weighted by Gasteiger charge is 2.41. The lowest BCUT2D eigenvalue weighted by Gasteiger charge is -2.37. The van der Waals surface area contributed by atoms with E-state index >= 15 is 0 Å². The summed E-state index contributed by atoms with van der Waals surface area (Å²) in [6, 6.07) is 0.235. The Labute approximate surface area is 119 Å². The van der Waals surface area contributed by atoms with Crippen LogP contribution >= 0.6 is 0 Å². The zero-order valence-corrected chi connectivity index (χ0v) is 12.0. The van der Waals surface area contributed by atoms with Gasteiger partial charge in [0, 0.05) is 31.4 Å². The highest BCUT2D eigenvalue weighted by molar-refractivity contribution is 5.83. The highest BCUT2D eigenvalue weighted by atomic mass is 16.2. The second kappa shape index (κ2) is 5.26. The van der Waals surface area contributed by atoms with Crippen molar-refractivity contribution in [2.45, 2.75) is 32.7 Å². The van der Waals surface area contributed by atoms with E-state index in [9.17, 15) is 4.79 Å². The van der Waals surface area contributed by atoms with Crippen LogP contribution in [-0.4, -0.2) is 41.6 Å². The Kier molecular flexibility index (Phi) is 3.46. The summed E-state index contributed by atoms with van der Waals surface area (Å²) in [6.07, 6.45) is 3.87. The minimum absolute atomic E-state index is 0.112. The van der Waals surface area contributed by atoms with Gasteiger partial charge in [0.25, 0.3) is 0 Å². The van der Waals surface area contributed by atoms with E-state index in [-0.39, 0.29) is 17.9 Å². The van der Waals surface area contributed by atoms with Crippen LogP contribution in [0.5, 0.6) is 0 Å². The number of carbonyl (C=O) groups is 1. The molecule has 20 heavy (non-hydrogen) atoms. The summed E-state index contributed by atoms with van der Waals surface area (Å²) in [6.45, 7) is 6.54. The topological polar surface area (TPSA) is 70.2 Å². The third-order valence-electron chi connectivity index (χ3n) is 4.15. The van der Waals surface area contributed by atoms with Gasteiger partial charge >= 0.3 is 0 Å². The van der Waals surface area contributed by atoms with Crippen LogP contribution in [0.2, 0.25) is 0 Å². The van der Waals surface area contributed by atoms with Gasteiger partial charge in [0.05, 0.1) is 12.0 Å². The number of amides is 1. The van der Waals surface area contributed by atoms with E-state index in [0.29, 0.717) is 5.95 Å². The molecule has 0 radical (unpaired) electrons. The Morgan fingerprint density at radius 1 is 1.55 bits per heavy atom. The van der Waals surface area contributed by atoms with E-state index in [1.807, 2.05) is 20.0 Å². The molecular formula is C14H21N5O. The van der Waals surface area contributed by atoms with Crippen LogP contribution in [0.4, 0.5) is 11.8 Å². The van der Waals surface area contributed by atoms with Gasteiger partial charge in [0.15, 0.2) is 0 Å². The zero-order valence-electron chi connectivity index (χ0n) is 12.0. The Hall–Kier alpha value is -1.85. The molecule has 2 atom stereocenters. The maximum Gasteiger partial charge on any atom is 0.225 e. The Morgan fingerprint density at radius 2 is 2.40 bits per heavy atom.